The Morgan fingerprint density at radius 3 is 2.67 bits per heavy atom. The predicted molar refractivity (Wildman–Crippen MR) is 103 cm³/mol. The highest BCUT2D eigenvalue weighted by atomic mass is 127. The number of rotatable bonds is 3. The Morgan fingerprint density at radius 1 is 1.19 bits per heavy atom. The Bertz CT molecular complexity index is 797. The summed E-state index contributed by atoms with van der Waals surface area (Å²) < 4.78 is 2.50. The molecule has 0 fully saturated rings. The third-order valence-corrected chi connectivity index (χ3v) is 6.16. The van der Waals surface area contributed by atoms with Gasteiger partial charge in [0.15, 0.2) is 0 Å². The van der Waals surface area contributed by atoms with Crippen LogP contribution in [0.2, 0.25) is 5.02 Å². The highest BCUT2D eigenvalue weighted by molar-refractivity contribution is 14.1. The van der Waals surface area contributed by atoms with Crippen LogP contribution in [0.25, 0.3) is 10.1 Å². The monoisotopic (exact) mass is 427 g/mol. The molecular formula is C17H15ClINS. The maximum absolute atomic E-state index is 6.02. The Morgan fingerprint density at radius 2 is 1.95 bits per heavy atom. The fourth-order valence-electron chi connectivity index (χ4n) is 2.51. The predicted octanol–water partition coefficient (Wildman–Crippen LogP) is 6.64. The van der Waals surface area contributed by atoms with Crippen LogP contribution in [0.1, 0.15) is 23.4 Å². The number of thiophene rings is 1. The van der Waals surface area contributed by atoms with Crippen molar-refractivity contribution in [1.82, 2.24) is 0 Å². The molecule has 1 atom stereocenters. The first-order chi connectivity index (χ1) is 10.1. The van der Waals surface area contributed by atoms with Gasteiger partial charge in [-0.25, -0.2) is 0 Å². The van der Waals surface area contributed by atoms with E-state index in [2.05, 4.69) is 66.0 Å². The summed E-state index contributed by atoms with van der Waals surface area (Å²) in [4.78, 5) is 1.39. The molecule has 108 valence electrons. The van der Waals surface area contributed by atoms with Gasteiger partial charge in [-0.15, -0.1) is 11.3 Å². The van der Waals surface area contributed by atoms with Crippen LogP contribution in [-0.4, -0.2) is 0 Å². The maximum atomic E-state index is 6.02. The van der Waals surface area contributed by atoms with E-state index in [1.54, 1.807) is 0 Å². The van der Waals surface area contributed by atoms with Crippen molar-refractivity contribution in [2.24, 2.45) is 0 Å². The van der Waals surface area contributed by atoms with E-state index in [1.165, 1.54) is 20.5 Å². The molecule has 1 N–H and O–H groups in total. The van der Waals surface area contributed by atoms with E-state index in [4.69, 9.17) is 11.6 Å². The van der Waals surface area contributed by atoms with Crippen molar-refractivity contribution >= 4 is 61.3 Å². The van der Waals surface area contributed by atoms with E-state index in [-0.39, 0.29) is 6.04 Å². The number of anilines is 1. The van der Waals surface area contributed by atoms with E-state index < -0.39 is 0 Å². The fourth-order valence-corrected chi connectivity index (χ4v) is 4.75. The summed E-state index contributed by atoms with van der Waals surface area (Å²) >= 11 is 10.2. The topological polar surface area (TPSA) is 12.0 Å². The second kappa shape index (κ2) is 6.15. The van der Waals surface area contributed by atoms with Gasteiger partial charge in [0, 0.05) is 23.9 Å². The molecule has 2 aromatic carbocycles. The first-order valence-corrected chi connectivity index (χ1v) is 9.03. The van der Waals surface area contributed by atoms with Crippen LogP contribution in [0.5, 0.6) is 0 Å². The van der Waals surface area contributed by atoms with Crippen molar-refractivity contribution in [3.05, 3.63) is 61.5 Å². The molecule has 1 nitrogen and oxygen atoms in total. The van der Waals surface area contributed by atoms with Crippen LogP contribution in [0, 0.1) is 10.5 Å². The molecule has 3 aromatic rings. The molecular weight excluding hydrogens is 413 g/mol. The Labute approximate surface area is 147 Å². The summed E-state index contributed by atoms with van der Waals surface area (Å²) in [6.07, 6.45) is 0. The molecule has 0 aliphatic heterocycles. The number of hydrogen-bond donors (Lipinski definition) is 1. The van der Waals surface area contributed by atoms with Gasteiger partial charge in [-0.1, -0.05) is 29.8 Å². The molecule has 4 heteroatoms. The molecule has 0 amide bonds. The van der Waals surface area contributed by atoms with Gasteiger partial charge in [0.1, 0.15) is 0 Å². The van der Waals surface area contributed by atoms with Crippen LogP contribution in [0.3, 0.4) is 0 Å². The van der Waals surface area contributed by atoms with Gasteiger partial charge in [0.2, 0.25) is 0 Å². The van der Waals surface area contributed by atoms with Crippen LogP contribution in [-0.2, 0) is 0 Å². The van der Waals surface area contributed by atoms with Crippen LogP contribution in [0.4, 0.5) is 5.69 Å². The third kappa shape index (κ3) is 3.05. The minimum absolute atomic E-state index is 0.275. The van der Waals surface area contributed by atoms with Crippen LogP contribution >= 0.6 is 45.5 Å². The molecule has 0 aliphatic carbocycles. The van der Waals surface area contributed by atoms with E-state index in [0.717, 1.165) is 14.3 Å². The molecule has 0 saturated heterocycles. The first kappa shape index (κ1) is 15.1. The number of aryl methyl sites for hydroxylation is 1. The SMILES string of the molecule is Cc1c(C(C)Nc2ccc(Cl)cc2I)sc2ccccc12. The summed E-state index contributed by atoms with van der Waals surface area (Å²) in [7, 11) is 0. The van der Waals surface area contributed by atoms with E-state index >= 15 is 0 Å². The van der Waals surface area contributed by atoms with Gasteiger partial charge in [0.05, 0.1) is 6.04 Å². The zero-order chi connectivity index (χ0) is 15.0. The summed E-state index contributed by atoms with van der Waals surface area (Å²) in [6, 6.07) is 14.8. The van der Waals surface area contributed by atoms with Gasteiger partial charge < -0.3 is 5.32 Å². The maximum Gasteiger partial charge on any atom is 0.0581 e. The second-order valence-corrected chi connectivity index (χ2v) is 7.76. The number of hydrogen-bond acceptors (Lipinski definition) is 2. The zero-order valence-corrected chi connectivity index (χ0v) is 15.5. The zero-order valence-electron chi connectivity index (χ0n) is 11.8. The molecule has 0 saturated carbocycles. The molecule has 0 bridgehead atoms. The third-order valence-electron chi connectivity index (χ3n) is 3.58. The standard InChI is InChI=1S/C17H15ClINS/c1-10-13-5-3-4-6-16(13)21-17(10)11(2)20-15-8-7-12(18)9-14(15)19/h3-9,11,20H,1-2H3. The van der Waals surface area contributed by atoms with Crippen molar-refractivity contribution in [2.45, 2.75) is 19.9 Å². The summed E-state index contributed by atoms with van der Waals surface area (Å²) in [5.74, 6) is 0. The molecule has 1 heterocycles. The number of halogens is 2. The summed E-state index contributed by atoms with van der Waals surface area (Å²) in [5.41, 5.74) is 2.50. The van der Waals surface area contributed by atoms with Crippen molar-refractivity contribution < 1.29 is 0 Å². The van der Waals surface area contributed by atoms with E-state index in [0.29, 0.717) is 0 Å². The highest BCUT2D eigenvalue weighted by Gasteiger charge is 2.15. The van der Waals surface area contributed by atoms with Gasteiger partial charge in [-0.05, 0) is 71.7 Å². The molecule has 1 aromatic heterocycles. The molecule has 0 radical (unpaired) electrons. The summed E-state index contributed by atoms with van der Waals surface area (Å²) in [6.45, 7) is 4.42. The van der Waals surface area contributed by atoms with Crippen LogP contribution in [0.15, 0.2) is 42.5 Å². The minimum atomic E-state index is 0.275. The van der Waals surface area contributed by atoms with Crippen molar-refractivity contribution in [3.63, 3.8) is 0 Å². The van der Waals surface area contributed by atoms with Crippen molar-refractivity contribution in [2.75, 3.05) is 5.32 Å². The minimum Gasteiger partial charge on any atom is -0.377 e. The molecule has 0 spiro atoms. The second-order valence-electron chi connectivity index (χ2n) is 5.08. The normalized spacial score (nSPS) is 12.6. The summed E-state index contributed by atoms with van der Waals surface area (Å²) in [5, 5.41) is 5.73. The Balaban J connectivity index is 1.93. The molecule has 3 rings (SSSR count). The van der Waals surface area contributed by atoms with Gasteiger partial charge in [-0.3, -0.25) is 0 Å². The fraction of sp³-hybridized carbons (Fsp3) is 0.176. The lowest BCUT2D eigenvalue weighted by atomic mass is 10.1. The van der Waals surface area contributed by atoms with Crippen molar-refractivity contribution in [1.29, 1.82) is 0 Å². The average Bonchev–Trinajstić information content (AvgIpc) is 2.80. The van der Waals surface area contributed by atoms with Gasteiger partial charge in [-0.2, -0.15) is 0 Å². The Hall–Kier alpha value is -0.780. The van der Waals surface area contributed by atoms with E-state index in [9.17, 15) is 0 Å². The van der Waals surface area contributed by atoms with E-state index in [1.807, 2.05) is 29.5 Å². The lowest BCUT2D eigenvalue weighted by molar-refractivity contribution is 0.899. The Kier molecular flexibility index (Phi) is 4.43. The molecule has 0 aliphatic rings. The number of benzene rings is 2. The largest absolute Gasteiger partial charge is 0.377 e. The average molecular weight is 428 g/mol. The van der Waals surface area contributed by atoms with Crippen LogP contribution < -0.4 is 5.32 Å². The number of fused-ring (bicyclic) bond motifs is 1. The number of nitrogens with one attached hydrogen (secondary N) is 1. The van der Waals surface area contributed by atoms with Gasteiger partial charge in [0.25, 0.3) is 0 Å². The quantitative estimate of drug-likeness (QED) is 0.462. The lowest BCUT2D eigenvalue weighted by Crippen LogP contribution is -2.07. The van der Waals surface area contributed by atoms with Crippen molar-refractivity contribution in [3.8, 4) is 0 Å². The highest BCUT2D eigenvalue weighted by Crippen LogP contribution is 2.36. The first-order valence-electron chi connectivity index (χ1n) is 6.76. The lowest BCUT2D eigenvalue weighted by Gasteiger charge is -2.16. The van der Waals surface area contributed by atoms with Gasteiger partial charge >= 0.3 is 0 Å². The molecule has 21 heavy (non-hydrogen) atoms. The smallest absolute Gasteiger partial charge is 0.0581 e. The molecule has 1 unspecified atom stereocenters.